The monoisotopic (exact) mass is 343 g/mol. The fourth-order valence-electron chi connectivity index (χ4n) is 2.40. The van der Waals surface area contributed by atoms with Gasteiger partial charge in [0.15, 0.2) is 0 Å². The summed E-state index contributed by atoms with van der Waals surface area (Å²) < 4.78 is 0.855. The van der Waals surface area contributed by atoms with E-state index in [4.69, 9.17) is 5.73 Å². The van der Waals surface area contributed by atoms with Crippen LogP contribution in [0, 0.1) is 0 Å². The highest BCUT2D eigenvalue weighted by Gasteiger charge is 2.16. The molecule has 0 unspecified atom stereocenters. The van der Waals surface area contributed by atoms with Crippen LogP contribution in [-0.2, 0) is 5.75 Å². The molecular formula is C14H22BrN3S. The van der Waals surface area contributed by atoms with Crippen molar-refractivity contribution in [1.82, 2.24) is 9.97 Å². The number of nitrogen functional groups attached to an aromatic ring is 1. The Morgan fingerprint density at radius 2 is 1.95 bits per heavy atom. The second-order valence-electron chi connectivity index (χ2n) is 5.45. The number of hydrogen-bond acceptors (Lipinski definition) is 4. The van der Waals surface area contributed by atoms with Gasteiger partial charge in [-0.05, 0) is 34.7 Å². The van der Waals surface area contributed by atoms with E-state index in [9.17, 15) is 0 Å². The molecule has 0 spiro atoms. The second kappa shape index (κ2) is 6.93. The minimum Gasteiger partial charge on any atom is -0.383 e. The van der Waals surface area contributed by atoms with Crippen molar-refractivity contribution in [3.05, 3.63) is 16.0 Å². The van der Waals surface area contributed by atoms with E-state index in [2.05, 4.69) is 39.7 Å². The predicted molar refractivity (Wildman–Crippen MR) is 86.4 cm³/mol. The van der Waals surface area contributed by atoms with Gasteiger partial charge in [0.05, 0.1) is 15.9 Å². The number of anilines is 1. The predicted octanol–water partition coefficient (Wildman–Crippen LogP) is 4.51. The van der Waals surface area contributed by atoms with E-state index in [-0.39, 0.29) is 0 Å². The Morgan fingerprint density at radius 1 is 1.26 bits per heavy atom. The summed E-state index contributed by atoms with van der Waals surface area (Å²) >= 11 is 5.48. The lowest BCUT2D eigenvalue weighted by Crippen LogP contribution is -2.10. The zero-order valence-electron chi connectivity index (χ0n) is 11.7. The summed E-state index contributed by atoms with van der Waals surface area (Å²) in [4.78, 5) is 9.06. The smallest absolute Gasteiger partial charge is 0.141 e. The van der Waals surface area contributed by atoms with E-state index in [0.29, 0.717) is 11.7 Å². The topological polar surface area (TPSA) is 51.8 Å². The van der Waals surface area contributed by atoms with Crippen LogP contribution in [0.1, 0.15) is 63.4 Å². The summed E-state index contributed by atoms with van der Waals surface area (Å²) in [7, 11) is 0. The molecule has 2 rings (SSSR count). The molecule has 0 aliphatic heterocycles. The van der Waals surface area contributed by atoms with Crippen molar-refractivity contribution in [2.24, 2.45) is 0 Å². The number of nitrogens with two attached hydrogens (primary N) is 1. The van der Waals surface area contributed by atoms with Gasteiger partial charge in [-0.3, -0.25) is 0 Å². The van der Waals surface area contributed by atoms with Gasteiger partial charge < -0.3 is 5.73 Å². The van der Waals surface area contributed by atoms with Crippen LogP contribution in [0.15, 0.2) is 4.47 Å². The highest BCUT2D eigenvalue weighted by molar-refractivity contribution is 9.10. The molecule has 0 atom stereocenters. The molecule has 1 fully saturated rings. The van der Waals surface area contributed by atoms with Gasteiger partial charge in [-0.25, -0.2) is 9.97 Å². The molecule has 1 aliphatic carbocycles. The summed E-state index contributed by atoms with van der Waals surface area (Å²) in [6, 6.07) is 0. The minimum absolute atomic E-state index is 0.359. The van der Waals surface area contributed by atoms with Crippen LogP contribution in [0.3, 0.4) is 0 Å². The average Bonchev–Trinajstić information content (AvgIpc) is 2.41. The van der Waals surface area contributed by atoms with Gasteiger partial charge in [0.25, 0.3) is 0 Å². The Hall–Kier alpha value is -0.290. The van der Waals surface area contributed by atoms with Crippen molar-refractivity contribution in [1.29, 1.82) is 0 Å². The van der Waals surface area contributed by atoms with E-state index < -0.39 is 0 Å². The summed E-state index contributed by atoms with van der Waals surface area (Å²) in [5.74, 6) is 2.68. The van der Waals surface area contributed by atoms with Crippen molar-refractivity contribution < 1.29 is 0 Å². The maximum atomic E-state index is 5.96. The van der Waals surface area contributed by atoms with Crippen LogP contribution < -0.4 is 5.73 Å². The van der Waals surface area contributed by atoms with Crippen LogP contribution >= 0.6 is 27.7 Å². The molecule has 0 amide bonds. The van der Waals surface area contributed by atoms with Crippen molar-refractivity contribution in [3.63, 3.8) is 0 Å². The molecule has 1 saturated carbocycles. The average molecular weight is 344 g/mol. The van der Waals surface area contributed by atoms with Crippen LogP contribution in [0.5, 0.6) is 0 Å². The Bertz CT molecular complexity index is 431. The lowest BCUT2D eigenvalue weighted by Gasteiger charge is -2.20. The third-order valence-electron chi connectivity index (χ3n) is 3.50. The first-order valence-electron chi connectivity index (χ1n) is 7.01. The first-order valence-corrected chi connectivity index (χ1v) is 8.85. The van der Waals surface area contributed by atoms with Gasteiger partial charge >= 0.3 is 0 Å². The highest BCUT2D eigenvalue weighted by atomic mass is 79.9. The lowest BCUT2D eigenvalue weighted by molar-refractivity contribution is 0.516. The van der Waals surface area contributed by atoms with Gasteiger partial charge in [0.1, 0.15) is 11.6 Å². The maximum absolute atomic E-state index is 5.96. The van der Waals surface area contributed by atoms with E-state index in [1.807, 2.05) is 11.8 Å². The van der Waals surface area contributed by atoms with Gasteiger partial charge in [0, 0.05) is 5.25 Å². The van der Waals surface area contributed by atoms with Gasteiger partial charge in [-0.1, -0.05) is 33.1 Å². The van der Waals surface area contributed by atoms with Crippen LogP contribution in [0.25, 0.3) is 0 Å². The number of nitrogens with zero attached hydrogens (tertiary/aromatic N) is 2. The van der Waals surface area contributed by atoms with E-state index in [1.165, 1.54) is 32.1 Å². The Balaban J connectivity index is 2.03. The molecule has 0 radical (unpaired) electrons. The highest BCUT2D eigenvalue weighted by Crippen LogP contribution is 2.32. The molecule has 0 bridgehead atoms. The first kappa shape index (κ1) is 15.1. The van der Waals surface area contributed by atoms with Crippen LogP contribution in [0.4, 0.5) is 5.82 Å². The second-order valence-corrected chi connectivity index (χ2v) is 7.53. The summed E-state index contributed by atoms with van der Waals surface area (Å²) in [6.45, 7) is 4.26. The third-order valence-corrected chi connectivity index (χ3v) is 5.68. The minimum atomic E-state index is 0.359. The normalized spacial score (nSPS) is 17.1. The molecule has 106 valence electrons. The number of rotatable bonds is 4. The van der Waals surface area contributed by atoms with Crippen LogP contribution in [-0.4, -0.2) is 15.2 Å². The molecule has 1 aromatic heterocycles. The van der Waals surface area contributed by atoms with E-state index in [0.717, 1.165) is 27.0 Å². The fraction of sp³-hybridized carbons (Fsp3) is 0.714. The Labute approximate surface area is 128 Å². The lowest BCUT2D eigenvalue weighted by atomic mass is 10.0. The Kier molecular flexibility index (Phi) is 5.51. The molecule has 2 N–H and O–H groups in total. The molecule has 1 aliphatic rings. The number of hydrogen-bond donors (Lipinski definition) is 1. The van der Waals surface area contributed by atoms with Crippen LogP contribution in [0.2, 0.25) is 0 Å². The third kappa shape index (κ3) is 4.09. The molecule has 1 aromatic rings. The molecule has 19 heavy (non-hydrogen) atoms. The standard InChI is InChI=1S/C14H22BrN3S/c1-9(2)13-12(15)14(16)18-11(17-13)8-19-10-6-4-3-5-7-10/h9-10H,3-8H2,1-2H3,(H2,16,17,18). The number of aromatic nitrogens is 2. The Morgan fingerprint density at radius 3 is 2.58 bits per heavy atom. The molecule has 1 heterocycles. The summed E-state index contributed by atoms with van der Waals surface area (Å²) in [5.41, 5.74) is 6.98. The molecule has 0 saturated heterocycles. The van der Waals surface area contributed by atoms with Gasteiger partial charge in [0.2, 0.25) is 0 Å². The van der Waals surface area contributed by atoms with E-state index in [1.54, 1.807) is 0 Å². The zero-order valence-corrected chi connectivity index (χ0v) is 14.1. The fourth-order valence-corrected chi connectivity index (χ4v) is 4.22. The van der Waals surface area contributed by atoms with Crippen molar-refractivity contribution in [3.8, 4) is 0 Å². The molecular weight excluding hydrogens is 322 g/mol. The first-order chi connectivity index (χ1) is 9.08. The SMILES string of the molecule is CC(C)c1nc(CSC2CCCCC2)nc(N)c1Br. The largest absolute Gasteiger partial charge is 0.383 e. The quantitative estimate of drug-likeness (QED) is 0.873. The van der Waals surface area contributed by atoms with E-state index >= 15 is 0 Å². The maximum Gasteiger partial charge on any atom is 0.141 e. The van der Waals surface area contributed by atoms with Gasteiger partial charge in [-0.2, -0.15) is 11.8 Å². The molecule has 0 aromatic carbocycles. The molecule has 3 nitrogen and oxygen atoms in total. The summed E-state index contributed by atoms with van der Waals surface area (Å²) in [6.07, 6.45) is 6.83. The zero-order chi connectivity index (χ0) is 13.8. The van der Waals surface area contributed by atoms with Crippen molar-refractivity contribution in [2.45, 2.75) is 62.9 Å². The van der Waals surface area contributed by atoms with Crippen molar-refractivity contribution >= 4 is 33.5 Å². The summed E-state index contributed by atoms with van der Waals surface area (Å²) in [5, 5.41) is 0.782. The number of thioether (sulfide) groups is 1. The van der Waals surface area contributed by atoms with Gasteiger partial charge in [-0.15, -0.1) is 0 Å². The number of halogens is 1. The van der Waals surface area contributed by atoms with Crippen molar-refractivity contribution in [2.75, 3.05) is 5.73 Å². The molecule has 5 heteroatoms.